The quantitative estimate of drug-likeness (QED) is 0.612. The van der Waals surface area contributed by atoms with E-state index in [1.807, 2.05) is 6.07 Å². The maximum atomic E-state index is 10.9. The molecule has 19 heavy (non-hydrogen) atoms. The first kappa shape index (κ1) is 12.6. The van der Waals surface area contributed by atoms with Crippen molar-refractivity contribution in [2.24, 2.45) is 11.8 Å². The Kier molecular flexibility index (Phi) is 2.83. The Balaban J connectivity index is 1.95. The number of fused-ring (bicyclic) bond motifs is 1. The van der Waals surface area contributed by atoms with Crippen molar-refractivity contribution in [3.8, 4) is 0 Å². The van der Waals surface area contributed by atoms with E-state index in [2.05, 4.69) is 11.9 Å². The molecule has 102 valence electrons. The average Bonchev–Trinajstić information content (AvgIpc) is 2.79. The third kappa shape index (κ3) is 1.76. The third-order valence-corrected chi connectivity index (χ3v) is 4.69. The Hall–Kier alpha value is -1.46. The molecule has 0 bridgehead atoms. The number of nitro benzene ring substituents is 1. The summed E-state index contributed by atoms with van der Waals surface area (Å²) in [5, 5.41) is 10.9. The SMILES string of the molecule is COCC1(c2cccc([N+](=O)[O-])c2)C2CN(C)CC21. The Morgan fingerprint density at radius 2 is 2.16 bits per heavy atom. The number of nitro groups is 1. The first-order chi connectivity index (χ1) is 9.09. The molecule has 0 spiro atoms. The largest absolute Gasteiger partial charge is 0.384 e. The molecule has 0 N–H and O–H groups in total. The molecule has 0 radical (unpaired) electrons. The van der Waals surface area contributed by atoms with Gasteiger partial charge in [-0.3, -0.25) is 10.1 Å². The monoisotopic (exact) mass is 262 g/mol. The van der Waals surface area contributed by atoms with Crippen LogP contribution in [0.5, 0.6) is 0 Å². The molecule has 2 atom stereocenters. The molecule has 5 nitrogen and oxygen atoms in total. The van der Waals surface area contributed by atoms with Gasteiger partial charge in [0.25, 0.3) is 5.69 Å². The number of hydrogen-bond acceptors (Lipinski definition) is 4. The van der Waals surface area contributed by atoms with E-state index in [-0.39, 0.29) is 16.0 Å². The van der Waals surface area contributed by atoms with Gasteiger partial charge in [-0.05, 0) is 24.4 Å². The summed E-state index contributed by atoms with van der Waals surface area (Å²) in [4.78, 5) is 12.9. The summed E-state index contributed by atoms with van der Waals surface area (Å²) in [6, 6.07) is 7.05. The summed E-state index contributed by atoms with van der Waals surface area (Å²) >= 11 is 0. The van der Waals surface area contributed by atoms with Crippen LogP contribution in [-0.2, 0) is 10.2 Å². The number of benzene rings is 1. The maximum absolute atomic E-state index is 10.9. The fourth-order valence-corrected chi connectivity index (χ4v) is 3.80. The van der Waals surface area contributed by atoms with Crippen molar-refractivity contribution in [2.45, 2.75) is 5.41 Å². The summed E-state index contributed by atoms with van der Waals surface area (Å²) < 4.78 is 5.41. The minimum atomic E-state index is -0.325. The number of methoxy groups -OCH3 is 1. The highest BCUT2D eigenvalue weighted by Crippen LogP contribution is 2.63. The molecule has 1 aliphatic heterocycles. The zero-order valence-electron chi connectivity index (χ0n) is 11.2. The first-order valence-electron chi connectivity index (χ1n) is 6.52. The second-order valence-corrected chi connectivity index (χ2v) is 5.72. The van der Waals surface area contributed by atoms with Crippen LogP contribution < -0.4 is 0 Å². The van der Waals surface area contributed by atoms with Crippen molar-refractivity contribution in [1.29, 1.82) is 0 Å². The van der Waals surface area contributed by atoms with E-state index < -0.39 is 0 Å². The number of non-ortho nitro benzene ring substituents is 1. The summed E-state index contributed by atoms with van der Waals surface area (Å²) in [5.41, 5.74) is 1.23. The molecule has 3 rings (SSSR count). The van der Waals surface area contributed by atoms with Gasteiger partial charge in [-0.1, -0.05) is 12.1 Å². The normalized spacial score (nSPS) is 33.2. The van der Waals surface area contributed by atoms with E-state index >= 15 is 0 Å². The van der Waals surface area contributed by atoms with Gasteiger partial charge >= 0.3 is 0 Å². The molecular formula is C14H18N2O3. The maximum Gasteiger partial charge on any atom is 0.269 e. The van der Waals surface area contributed by atoms with E-state index in [4.69, 9.17) is 4.74 Å². The molecule has 5 heteroatoms. The molecule has 2 aliphatic rings. The van der Waals surface area contributed by atoms with Gasteiger partial charge in [0, 0.05) is 37.7 Å². The van der Waals surface area contributed by atoms with Gasteiger partial charge in [0.05, 0.1) is 11.5 Å². The van der Waals surface area contributed by atoms with Crippen LogP contribution in [0.25, 0.3) is 0 Å². The topological polar surface area (TPSA) is 55.6 Å². The van der Waals surface area contributed by atoms with Crippen molar-refractivity contribution in [1.82, 2.24) is 4.90 Å². The average molecular weight is 262 g/mol. The Morgan fingerprint density at radius 1 is 1.47 bits per heavy atom. The molecular weight excluding hydrogens is 244 g/mol. The molecule has 1 aliphatic carbocycles. The fourth-order valence-electron chi connectivity index (χ4n) is 3.80. The van der Waals surface area contributed by atoms with Crippen LogP contribution in [-0.4, -0.2) is 43.7 Å². The molecule has 1 saturated heterocycles. The minimum Gasteiger partial charge on any atom is -0.384 e. The number of likely N-dealkylation sites (tertiary alicyclic amines) is 1. The van der Waals surface area contributed by atoms with E-state index in [1.54, 1.807) is 25.3 Å². The van der Waals surface area contributed by atoms with Gasteiger partial charge in [-0.25, -0.2) is 0 Å². The van der Waals surface area contributed by atoms with Crippen LogP contribution in [0.4, 0.5) is 5.69 Å². The lowest BCUT2D eigenvalue weighted by Gasteiger charge is -2.24. The van der Waals surface area contributed by atoms with Crippen LogP contribution in [0.2, 0.25) is 0 Å². The number of nitrogens with zero attached hydrogens (tertiary/aromatic N) is 2. The minimum absolute atomic E-state index is 0.00667. The van der Waals surface area contributed by atoms with Gasteiger partial charge in [0.15, 0.2) is 0 Å². The Morgan fingerprint density at radius 3 is 2.74 bits per heavy atom. The lowest BCUT2D eigenvalue weighted by atomic mass is 9.90. The summed E-state index contributed by atoms with van der Waals surface area (Å²) in [6.07, 6.45) is 0. The second kappa shape index (κ2) is 4.28. The third-order valence-electron chi connectivity index (χ3n) is 4.69. The zero-order chi connectivity index (χ0) is 13.6. The highest BCUT2D eigenvalue weighted by Gasteiger charge is 2.68. The summed E-state index contributed by atoms with van der Waals surface area (Å²) in [5.74, 6) is 1.14. The van der Waals surface area contributed by atoms with E-state index in [1.165, 1.54) is 0 Å². The highest BCUT2D eigenvalue weighted by atomic mass is 16.6. The number of hydrogen-bond donors (Lipinski definition) is 0. The first-order valence-corrected chi connectivity index (χ1v) is 6.52. The molecule has 1 aromatic carbocycles. The lowest BCUT2D eigenvalue weighted by molar-refractivity contribution is -0.385. The van der Waals surface area contributed by atoms with Gasteiger partial charge in [0.2, 0.25) is 0 Å². The number of rotatable bonds is 4. The molecule has 1 saturated carbocycles. The van der Waals surface area contributed by atoms with E-state index in [9.17, 15) is 10.1 Å². The smallest absolute Gasteiger partial charge is 0.269 e. The van der Waals surface area contributed by atoms with Gasteiger partial charge in [0.1, 0.15) is 0 Å². The number of ether oxygens (including phenoxy) is 1. The van der Waals surface area contributed by atoms with Gasteiger partial charge < -0.3 is 9.64 Å². The van der Waals surface area contributed by atoms with E-state index in [0.29, 0.717) is 18.4 Å². The van der Waals surface area contributed by atoms with Crippen LogP contribution in [0, 0.1) is 22.0 Å². The summed E-state index contributed by atoms with van der Waals surface area (Å²) in [6.45, 7) is 2.75. The standard InChI is InChI=1S/C14H18N2O3/c1-15-7-12-13(8-15)14(12,9-19-2)10-4-3-5-11(6-10)16(17)18/h3-6,12-13H,7-9H2,1-2H3. The van der Waals surface area contributed by atoms with Crippen molar-refractivity contribution < 1.29 is 9.66 Å². The molecule has 1 aromatic rings. The van der Waals surface area contributed by atoms with Gasteiger partial charge in [-0.15, -0.1) is 0 Å². The predicted molar refractivity (Wildman–Crippen MR) is 71.1 cm³/mol. The fraction of sp³-hybridized carbons (Fsp3) is 0.571. The predicted octanol–water partition coefficient (Wildman–Crippen LogP) is 1.67. The Labute approximate surface area is 112 Å². The highest BCUT2D eigenvalue weighted by molar-refractivity contribution is 5.45. The molecule has 2 unspecified atom stereocenters. The molecule has 1 heterocycles. The zero-order valence-corrected chi connectivity index (χ0v) is 11.2. The van der Waals surface area contributed by atoms with E-state index in [0.717, 1.165) is 18.7 Å². The van der Waals surface area contributed by atoms with Crippen molar-refractivity contribution in [3.05, 3.63) is 39.9 Å². The lowest BCUT2D eigenvalue weighted by Crippen LogP contribution is -2.30. The Bertz CT molecular complexity index is 505. The van der Waals surface area contributed by atoms with Crippen LogP contribution in [0.1, 0.15) is 5.56 Å². The van der Waals surface area contributed by atoms with Crippen LogP contribution in [0.3, 0.4) is 0 Å². The summed E-state index contributed by atoms with van der Waals surface area (Å²) in [7, 11) is 3.83. The van der Waals surface area contributed by atoms with Gasteiger partial charge in [-0.2, -0.15) is 0 Å². The molecule has 2 fully saturated rings. The second-order valence-electron chi connectivity index (χ2n) is 5.72. The van der Waals surface area contributed by atoms with Crippen LogP contribution >= 0.6 is 0 Å². The van der Waals surface area contributed by atoms with Crippen molar-refractivity contribution >= 4 is 5.69 Å². The van der Waals surface area contributed by atoms with Crippen molar-refractivity contribution in [2.75, 3.05) is 33.9 Å². The number of piperidine rings is 1. The molecule has 0 aromatic heterocycles. The van der Waals surface area contributed by atoms with Crippen molar-refractivity contribution in [3.63, 3.8) is 0 Å². The molecule has 0 amide bonds. The van der Waals surface area contributed by atoms with Crippen LogP contribution in [0.15, 0.2) is 24.3 Å².